The fourth-order valence-corrected chi connectivity index (χ4v) is 8.03. The number of aryl methyl sites for hydroxylation is 1. The Hall–Kier alpha value is -1.71. The van der Waals surface area contributed by atoms with Crippen molar-refractivity contribution in [3.8, 4) is 0 Å². The second-order valence-corrected chi connectivity index (χ2v) is 11.9. The van der Waals surface area contributed by atoms with Gasteiger partial charge in [0.05, 0.1) is 42.8 Å². The summed E-state index contributed by atoms with van der Waals surface area (Å²) in [6, 6.07) is 6.07. The zero-order valence-electron chi connectivity index (χ0n) is 18.0. The van der Waals surface area contributed by atoms with E-state index in [1.54, 1.807) is 46.2 Å². The number of likely N-dealkylation sites (N-methyl/N-ethyl adjacent to an activating group) is 1. The standard InChI is InChI=1S/C23H22ClN4S4/c1-5-28-14(2)22(23-26(4)18-7-6-16(24)10-19(18)31-23)32-21(28)11-20-27(8-9-29-20)12-17-13-30-15(3)25-17/h6-11,13H,2,5,12H2,1,3-4H3/q+1/b23-22+. The quantitative estimate of drug-likeness (QED) is 0.354. The fourth-order valence-electron chi connectivity index (χ4n) is 3.75. The van der Waals surface area contributed by atoms with Crippen molar-refractivity contribution in [2.75, 3.05) is 18.5 Å². The Morgan fingerprint density at radius 1 is 1.25 bits per heavy atom. The van der Waals surface area contributed by atoms with E-state index >= 15 is 0 Å². The summed E-state index contributed by atoms with van der Waals surface area (Å²) in [4.78, 5) is 11.6. The molecule has 0 spiro atoms. The first-order valence-corrected chi connectivity index (χ1v) is 13.9. The number of thioether (sulfide) groups is 2. The molecule has 0 atom stereocenters. The summed E-state index contributed by atoms with van der Waals surface area (Å²) in [5.41, 5.74) is 3.34. The number of fused-ring (bicyclic) bond motifs is 1. The zero-order chi connectivity index (χ0) is 22.4. The van der Waals surface area contributed by atoms with E-state index < -0.39 is 0 Å². The number of aromatic nitrogens is 2. The molecule has 9 heteroatoms. The maximum Gasteiger partial charge on any atom is 0.264 e. The van der Waals surface area contributed by atoms with Crippen LogP contribution >= 0.6 is 57.8 Å². The van der Waals surface area contributed by atoms with Crippen molar-refractivity contribution >= 4 is 69.6 Å². The van der Waals surface area contributed by atoms with E-state index in [1.165, 1.54) is 30.6 Å². The van der Waals surface area contributed by atoms with Gasteiger partial charge in [-0.3, -0.25) is 0 Å². The molecule has 0 bridgehead atoms. The number of benzene rings is 1. The Labute approximate surface area is 209 Å². The monoisotopic (exact) mass is 517 g/mol. The van der Waals surface area contributed by atoms with Crippen LogP contribution in [-0.4, -0.2) is 23.5 Å². The third-order valence-corrected chi connectivity index (χ3v) is 9.76. The van der Waals surface area contributed by atoms with Gasteiger partial charge in [-0.1, -0.05) is 53.0 Å². The van der Waals surface area contributed by atoms with Gasteiger partial charge in [-0.2, -0.15) is 4.57 Å². The largest absolute Gasteiger partial charge is 0.337 e. The van der Waals surface area contributed by atoms with Crippen LogP contribution in [0.15, 0.2) is 67.3 Å². The van der Waals surface area contributed by atoms with Crippen molar-refractivity contribution < 1.29 is 4.57 Å². The van der Waals surface area contributed by atoms with Gasteiger partial charge in [-0.15, -0.1) is 11.3 Å². The van der Waals surface area contributed by atoms with Crippen LogP contribution in [0, 0.1) is 6.92 Å². The highest BCUT2D eigenvalue weighted by molar-refractivity contribution is 8.09. The molecule has 1 fully saturated rings. The lowest BCUT2D eigenvalue weighted by molar-refractivity contribution is -0.685. The summed E-state index contributed by atoms with van der Waals surface area (Å²) in [6.45, 7) is 10.3. The fraction of sp³-hybridized carbons (Fsp3) is 0.217. The molecule has 164 valence electrons. The molecule has 1 saturated heterocycles. The molecule has 2 aliphatic rings. The Kier molecular flexibility index (Phi) is 6.15. The lowest BCUT2D eigenvalue weighted by Crippen LogP contribution is -2.34. The van der Waals surface area contributed by atoms with Gasteiger partial charge in [-0.05, 0) is 32.0 Å². The van der Waals surface area contributed by atoms with E-state index in [-0.39, 0.29) is 0 Å². The Morgan fingerprint density at radius 2 is 2.09 bits per heavy atom. The number of rotatable bonds is 4. The summed E-state index contributed by atoms with van der Waals surface area (Å²) in [5.74, 6) is 0. The minimum atomic E-state index is 0.766. The maximum atomic E-state index is 6.24. The van der Waals surface area contributed by atoms with Gasteiger partial charge in [0.1, 0.15) is 5.69 Å². The minimum absolute atomic E-state index is 0.766. The van der Waals surface area contributed by atoms with Crippen LogP contribution in [-0.2, 0) is 6.54 Å². The second-order valence-electron chi connectivity index (χ2n) is 7.41. The van der Waals surface area contributed by atoms with Crippen LogP contribution in [0.2, 0.25) is 5.02 Å². The first-order chi connectivity index (χ1) is 15.4. The summed E-state index contributed by atoms with van der Waals surface area (Å²) in [7, 11) is 2.12. The topological polar surface area (TPSA) is 23.2 Å². The number of nitrogens with zero attached hydrogens (tertiary/aromatic N) is 4. The van der Waals surface area contributed by atoms with Gasteiger partial charge in [0, 0.05) is 28.9 Å². The van der Waals surface area contributed by atoms with E-state index in [2.05, 4.69) is 75.9 Å². The van der Waals surface area contributed by atoms with E-state index in [4.69, 9.17) is 11.6 Å². The van der Waals surface area contributed by atoms with E-state index in [9.17, 15) is 0 Å². The van der Waals surface area contributed by atoms with Crippen molar-refractivity contribution in [2.45, 2.75) is 25.3 Å². The van der Waals surface area contributed by atoms with Crippen molar-refractivity contribution in [2.24, 2.45) is 0 Å². The predicted octanol–water partition coefficient (Wildman–Crippen LogP) is 6.79. The highest BCUT2D eigenvalue weighted by atomic mass is 35.5. The molecule has 0 radical (unpaired) electrons. The zero-order valence-corrected chi connectivity index (χ0v) is 22.0. The van der Waals surface area contributed by atoms with Crippen molar-refractivity contribution in [3.63, 3.8) is 0 Å². The first-order valence-electron chi connectivity index (χ1n) is 10.1. The van der Waals surface area contributed by atoms with Gasteiger partial charge in [-0.25, -0.2) is 4.98 Å². The molecule has 4 nitrogen and oxygen atoms in total. The van der Waals surface area contributed by atoms with Crippen LogP contribution < -0.4 is 9.47 Å². The summed E-state index contributed by atoms with van der Waals surface area (Å²) in [6.07, 6.45) is 4.41. The Bertz CT molecular complexity index is 1270. The highest BCUT2D eigenvalue weighted by Crippen LogP contribution is 2.54. The number of hydrogen-bond acceptors (Lipinski definition) is 7. The molecule has 4 heterocycles. The van der Waals surface area contributed by atoms with Gasteiger partial charge >= 0.3 is 0 Å². The number of thiazole rings is 2. The van der Waals surface area contributed by atoms with E-state index in [0.29, 0.717) is 0 Å². The molecule has 0 aliphatic carbocycles. The van der Waals surface area contributed by atoms with Crippen molar-refractivity contribution in [1.29, 1.82) is 0 Å². The van der Waals surface area contributed by atoms with Gasteiger partial charge in [0.15, 0.2) is 12.7 Å². The highest BCUT2D eigenvalue weighted by Gasteiger charge is 2.34. The third kappa shape index (κ3) is 4.03. The Morgan fingerprint density at radius 3 is 2.84 bits per heavy atom. The molecular weight excluding hydrogens is 496 g/mol. The van der Waals surface area contributed by atoms with E-state index in [0.717, 1.165) is 34.5 Å². The van der Waals surface area contributed by atoms with Crippen LogP contribution in [0.25, 0.3) is 6.08 Å². The number of halogens is 1. The maximum absolute atomic E-state index is 6.24. The van der Waals surface area contributed by atoms with Gasteiger partial charge in [0.25, 0.3) is 5.01 Å². The van der Waals surface area contributed by atoms with Crippen molar-refractivity contribution in [3.05, 3.63) is 83.1 Å². The molecule has 0 saturated carbocycles. The first kappa shape index (κ1) is 22.1. The molecule has 2 aromatic heterocycles. The summed E-state index contributed by atoms with van der Waals surface area (Å²) >= 11 is 13.2. The van der Waals surface area contributed by atoms with E-state index in [1.807, 2.05) is 12.1 Å². The number of anilines is 1. The van der Waals surface area contributed by atoms with Gasteiger partial charge < -0.3 is 9.80 Å². The van der Waals surface area contributed by atoms with Crippen molar-refractivity contribution in [1.82, 2.24) is 9.88 Å². The molecule has 3 aromatic rings. The van der Waals surface area contributed by atoms with Crippen LogP contribution in [0.4, 0.5) is 5.69 Å². The Balaban J connectivity index is 1.47. The third-order valence-electron chi connectivity index (χ3n) is 5.32. The smallest absolute Gasteiger partial charge is 0.264 e. The predicted molar refractivity (Wildman–Crippen MR) is 140 cm³/mol. The minimum Gasteiger partial charge on any atom is -0.337 e. The average Bonchev–Trinajstić information content (AvgIpc) is 3.51. The molecular formula is C23H22ClN4S4+. The second kappa shape index (κ2) is 8.91. The molecule has 1 aromatic carbocycles. The molecule has 2 aliphatic heterocycles. The lowest BCUT2D eigenvalue weighted by atomic mass is 10.3. The van der Waals surface area contributed by atoms with Crippen LogP contribution in [0.1, 0.15) is 22.6 Å². The van der Waals surface area contributed by atoms with Gasteiger partial charge in [0.2, 0.25) is 0 Å². The summed E-state index contributed by atoms with van der Waals surface area (Å²) < 4.78 is 2.27. The number of hydrogen-bond donors (Lipinski definition) is 0. The summed E-state index contributed by atoms with van der Waals surface area (Å²) in [5, 5.41) is 9.76. The normalized spacial score (nSPS) is 19.5. The molecule has 0 N–H and O–H groups in total. The average molecular weight is 518 g/mol. The lowest BCUT2D eigenvalue weighted by Gasteiger charge is -2.18. The van der Waals surface area contributed by atoms with Crippen LogP contribution in [0.3, 0.4) is 0 Å². The SMILES string of the molecule is C=C1/C(=C2\Sc3cc(Cl)ccc3N2C)S/C(=C\c2scc[n+]2Cc2csc(C)n2)N1CC. The molecule has 0 amide bonds. The molecule has 5 rings (SSSR count). The van der Waals surface area contributed by atoms with Crippen LogP contribution in [0.5, 0.6) is 0 Å². The molecule has 32 heavy (non-hydrogen) atoms. The molecule has 0 unspecified atom stereocenters.